The van der Waals surface area contributed by atoms with E-state index >= 15 is 0 Å². The predicted molar refractivity (Wildman–Crippen MR) is 94.7 cm³/mol. The molecular formula is C16H17N5O5S. The fourth-order valence-corrected chi connectivity index (χ4v) is 4.89. The van der Waals surface area contributed by atoms with Crippen LogP contribution in [0.3, 0.4) is 0 Å². The maximum Gasteiger partial charge on any atom is 0.348 e. The second-order valence-electron chi connectivity index (χ2n) is 6.40. The fourth-order valence-electron chi connectivity index (χ4n) is 3.20. The zero-order chi connectivity index (χ0) is 19.0. The summed E-state index contributed by atoms with van der Waals surface area (Å²) in [5.74, 6) is 0.342. The lowest BCUT2D eigenvalue weighted by Gasteiger charge is -2.11. The van der Waals surface area contributed by atoms with Crippen molar-refractivity contribution in [1.29, 1.82) is 0 Å². The topological polar surface area (TPSA) is 129 Å². The van der Waals surface area contributed by atoms with Crippen molar-refractivity contribution in [2.24, 2.45) is 0 Å². The first-order valence-corrected chi connectivity index (χ1v) is 10.2. The highest BCUT2D eigenvalue weighted by Gasteiger charge is 2.31. The first-order valence-electron chi connectivity index (χ1n) is 8.35. The number of fused-ring (bicyclic) bond motifs is 1. The van der Waals surface area contributed by atoms with Gasteiger partial charge in [-0.3, -0.25) is 14.0 Å². The van der Waals surface area contributed by atoms with Gasteiger partial charge in [-0.2, -0.15) is 10.1 Å². The van der Waals surface area contributed by atoms with E-state index in [0.29, 0.717) is 23.2 Å². The van der Waals surface area contributed by atoms with Crippen LogP contribution in [-0.2, 0) is 27.7 Å². The van der Waals surface area contributed by atoms with Gasteiger partial charge in [-0.1, -0.05) is 0 Å². The Morgan fingerprint density at radius 1 is 1.33 bits per heavy atom. The first kappa shape index (κ1) is 17.5. The second-order valence-corrected chi connectivity index (χ2v) is 8.63. The highest BCUT2D eigenvalue weighted by atomic mass is 32.2. The summed E-state index contributed by atoms with van der Waals surface area (Å²) >= 11 is 0. The van der Waals surface area contributed by atoms with Crippen LogP contribution in [0.1, 0.15) is 18.2 Å². The molecule has 4 heterocycles. The summed E-state index contributed by atoms with van der Waals surface area (Å²) in [6, 6.07) is 3.15. The monoisotopic (exact) mass is 391 g/mol. The van der Waals surface area contributed by atoms with Gasteiger partial charge in [0.25, 0.3) is 0 Å². The summed E-state index contributed by atoms with van der Waals surface area (Å²) in [6.45, 7) is -0.0122. The lowest BCUT2D eigenvalue weighted by atomic mass is 10.2. The van der Waals surface area contributed by atoms with Gasteiger partial charge in [-0.15, -0.1) is 0 Å². The minimum Gasteiger partial charge on any atom is -0.467 e. The fraction of sp³-hybridized carbons (Fsp3) is 0.375. The molecule has 4 rings (SSSR count). The van der Waals surface area contributed by atoms with Gasteiger partial charge in [0.15, 0.2) is 9.84 Å². The minimum absolute atomic E-state index is 0.00649. The van der Waals surface area contributed by atoms with Crippen LogP contribution in [0.15, 0.2) is 40.0 Å². The Hall–Kier alpha value is -2.95. The number of carbonyl (C=O) groups is 1. The number of aromatic nitrogens is 4. The van der Waals surface area contributed by atoms with E-state index in [1.807, 2.05) is 0 Å². The van der Waals surface area contributed by atoms with Crippen LogP contribution in [-0.4, -0.2) is 45.2 Å². The molecule has 1 saturated heterocycles. The number of amides is 1. The van der Waals surface area contributed by atoms with Crippen molar-refractivity contribution < 1.29 is 17.6 Å². The summed E-state index contributed by atoms with van der Waals surface area (Å²) in [5, 5.41) is 6.92. The van der Waals surface area contributed by atoms with Crippen molar-refractivity contribution in [2.75, 3.05) is 11.5 Å². The van der Waals surface area contributed by atoms with Crippen molar-refractivity contribution in [3.8, 4) is 0 Å². The van der Waals surface area contributed by atoms with Crippen LogP contribution < -0.4 is 11.0 Å². The summed E-state index contributed by atoms with van der Waals surface area (Å²) in [6.07, 6.45) is 4.80. The number of hydrogen-bond acceptors (Lipinski definition) is 7. The van der Waals surface area contributed by atoms with E-state index in [9.17, 15) is 18.0 Å². The number of rotatable bonds is 5. The molecule has 11 heteroatoms. The van der Waals surface area contributed by atoms with E-state index in [0.717, 1.165) is 0 Å². The van der Waals surface area contributed by atoms with E-state index in [1.54, 1.807) is 16.8 Å². The Balaban J connectivity index is 1.58. The molecule has 0 bridgehead atoms. The Morgan fingerprint density at radius 3 is 2.89 bits per heavy atom. The molecule has 142 valence electrons. The summed E-state index contributed by atoms with van der Waals surface area (Å²) in [7, 11) is -3.08. The molecule has 10 nitrogen and oxygen atoms in total. The first-order chi connectivity index (χ1) is 12.9. The van der Waals surface area contributed by atoms with Crippen LogP contribution in [0.25, 0.3) is 11.0 Å². The number of nitrogens with zero attached hydrogens (tertiary/aromatic N) is 4. The SMILES string of the molecule is O=C(Cn1c(=O)ncc2c1cnn2C1CCS(=O)(=O)C1)NCc1ccco1. The molecule has 1 aliphatic rings. The highest BCUT2D eigenvalue weighted by Crippen LogP contribution is 2.26. The van der Waals surface area contributed by atoms with Crippen molar-refractivity contribution >= 4 is 26.8 Å². The number of hydrogen-bond donors (Lipinski definition) is 1. The zero-order valence-corrected chi connectivity index (χ0v) is 15.1. The second kappa shape index (κ2) is 6.65. The van der Waals surface area contributed by atoms with Gasteiger partial charge < -0.3 is 9.73 Å². The Labute approximate surface area is 153 Å². The van der Waals surface area contributed by atoms with Crippen LogP contribution >= 0.6 is 0 Å². The molecule has 1 unspecified atom stereocenters. The molecule has 0 aromatic carbocycles. The predicted octanol–water partition coefficient (Wildman–Crippen LogP) is -0.138. The molecule has 1 N–H and O–H groups in total. The van der Waals surface area contributed by atoms with Crippen molar-refractivity contribution in [1.82, 2.24) is 24.6 Å². The third-order valence-electron chi connectivity index (χ3n) is 4.53. The quantitative estimate of drug-likeness (QED) is 0.641. The average Bonchev–Trinajstić information content (AvgIpc) is 3.35. The van der Waals surface area contributed by atoms with Gasteiger partial charge in [0.1, 0.15) is 17.8 Å². The molecule has 27 heavy (non-hydrogen) atoms. The molecular weight excluding hydrogens is 374 g/mol. The third-order valence-corrected chi connectivity index (χ3v) is 6.28. The number of nitrogens with one attached hydrogen (secondary N) is 1. The number of furan rings is 1. The molecule has 0 saturated carbocycles. The summed E-state index contributed by atoms with van der Waals surface area (Å²) in [5.41, 5.74) is 0.386. The van der Waals surface area contributed by atoms with Gasteiger partial charge >= 0.3 is 5.69 Å². The molecule has 0 spiro atoms. The molecule has 1 aliphatic heterocycles. The smallest absolute Gasteiger partial charge is 0.348 e. The summed E-state index contributed by atoms with van der Waals surface area (Å²) < 4.78 is 31.4. The lowest BCUT2D eigenvalue weighted by molar-refractivity contribution is -0.121. The van der Waals surface area contributed by atoms with E-state index in [-0.39, 0.29) is 36.5 Å². The molecule has 1 amide bonds. The third kappa shape index (κ3) is 3.50. The maximum atomic E-state index is 12.2. The maximum absolute atomic E-state index is 12.2. The van der Waals surface area contributed by atoms with Crippen molar-refractivity contribution in [3.63, 3.8) is 0 Å². The average molecular weight is 391 g/mol. The highest BCUT2D eigenvalue weighted by molar-refractivity contribution is 7.91. The molecule has 3 aromatic heterocycles. The van der Waals surface area contributed by atoms with Gasteiger partial charge in [-0.25, -0.2) is 13.2 Å². The van der Waals surface area contributed by atoms with Crippen LogP contribution in [0.5, 0.6) is 0 Å². The molecule has 0 radical (unpaired) electrons. The number of sulfone groups is 1. The van der Waals surface area contributed by atoms with E-state index in [2.05, 4.69) is 15.4 Å². The largest absolute Gasteiger partial charge is 0.467 e. The lowest BCUT2D eigenvalue weighted by Crippen LogP contribution is -2.33. The summed E-state index contributed by atoms with van der Waals surface area (Å²) in [4.78, 5) is 28.2. The molecule has 1 atom stereocenters. The van der Waals surface area contributed by atoms with Gasteiger partial charge in [0, 0.05) is 0 Å². The van der Waals surface area contributed by atoms with E-state index in [4.69, 9.17) is 4.42 Å². The van der Waals surface area contributed by atoms with Crippen LogP contribution in [0.2, 0.25) is 0 Å². The standard InChI is InChI=1S/C16H17N5O5S/c22-15(17-6-12-2-1-4-26-12)9-20-13-8-19-21(14(13)7-18-16(20)23)11-3-5-27(24,25)10-11/h1-2,4,7-8,11H,3,5-6,9-10H2,(H,17,22). The van der Waals surface area contributed by atoms with Gasteiger partial charge in [0.2, 0.25) is 5.91 Å². The Kier molecular flexibility index (Phi) is 4.30. The normalized spacial score (nSPS) is 18.7. The van der Waals surface area contributed by atoms with Gasteiger partial charge in [0.05, 0.1) is 48.3 Å². The van der Waals surface area contributed by atoms with E-state index in [1.165, 1.54) is 23.2 Å². The molecule has 3 aromatic rings. The van der Waals surface area contributed by atoms with Gasteiger partial charge in [-0.05, 0) is 18.6 Å². The number of carbonyl (C=O) groups excluding carboxylic acids is 1. The van der Waals surface area contributed by atoms with Crippen molar-refractivity contribution in [3.05, 3.63) is 47.0 Å². The Bertz CT molecular complexity index is 1150. The molecule has 1 fully saturated rings. The molecule has 0 aliphatic carbocycles. The minimum atomic E-state index is -3.08. The Morgan fingerprint density at radius 2 is 2.19 bits per heavy atom. The van der Waals surface area contributed by atoms with Crippen LogP contribution in [0.4, 0.5) is 0 Å². The van der Waals surface area contributed by atoms with Crippen molar-refractivity contribution in [2.45, 2.75) is 25.6 Å². The van der Waals surface area contributed by atoms with E-state index < -0.39 is 15.5 Å². The zero-order valence-electron chi connectivity index (χ0n) is 14.2. The van der Waals surface area contributed by atoms with Crippen LogP contribution in [0, 0.1) is 0 Å².